The number of anilines is 2. The number of amides is 2. The maximum atomic E-state index is 13.3. The third kappa shape index (κ3) is 6.40. The van der Waals surface area contributed by atoms with Gasteiger partial charge in [-0.25, -0.2) is 22.3 Å². The van der Waals surface area contributed by atoms with Crippen molar-refractivity contribution >= 4 is 27.4 Å². The van der Waals surface area contributed by atoms with Crippen molar-refractivity contribution < 1.29 is 17.6 Å². The van der Waals surface area contributed by atoms with Gasteiger partial charge in [-0.2, -0.15) is 0 Å². The van der Waals surface area contributed by atoms with Crippen molar-refractivity contribution in [1.29, 1.82) is 0 Å². The molecule has 0 saturated heterocycles. The molecule has 30 heavy (non-hydrogen) atoms. The molecule has 1 unspecified atom stereocenters. The first-order valence-electron chi connectivity index (χ1n) is 9.28. The molecule has 3 rings (SSSR count). The summed E-state index contributed by atoms with van der Waals surface area (Å²) >= 11 is 0. The van der Waals surface area contributed by atoms with Crippen LogP contribution in [0.2, 0.25) is 0 Å². The van der Waals surface area contributed by atoms with Crippen LogP contribution in [0.15, 0.2) is 78.9 Å². The fraction of sp³-hybridized carbons (Fsp3) is 0.136. The molecular formula is C22H22FN3O3S. The summed E-state index contributed by atoms with van der Waals surface area (Å²) in [6.45, 7) is 1.72. The fourth-order valence-corrected chi connectivity index (χ4v) is 4.27. The highest BCUT2D eigenvalue weighted by molar-refractivity contribution is 7.88. The lowest BCUT2D eigenvalue weighted by atomic mass is 10.1. The van der Waals surface area contributed by atoms with E-state index < -0.39 is 21.9 Å². The molecule has 1 atom stereocenters. The minimum atomic E-state index is -3.66. The average Bonchev–Trinajstić information content (AvgIpc) is 2.68. The lowest BCUT2D eigenvalue weighted by Gasteiger charge is -2.15. The number of carbonyl (C=O) groups is 1. The molecule has 0 bridgehead atoms. The number of sulfonamides is 1. The number of para-hydroxylation sites is 1. The predicted molar refractivity (Wildman–Crippen MR) is 116 cm³/mol. The minimum Gasteiger partial charge on any atom is -0.308 e. The summed E-state index contributed by atoms with van der Waals surface area (Å²) in [4.78, 5) is 12.0. The van der Waals surface area contributed by atoms with Gasteiger partial charge in [0, 0.05) is 17.4 Å². The number of carbonyl (C=O) groups excluding carboxylic acids is 1. The molecule has 0 spiro atoms. The monoisotopic (exact) mass is 427 g/mol. The molecule has 3 N–H and O–H groups in total. The molecule has 0 aliphatic heterocycles. The minimum absolute atomic E-state index is 0.311. The Morgan fingerprint density at radius 2 is 1.53 bits per heavy atom. The summed E-state index contributed by atoms with van der Waals surface area (Å²) in [5.41, 5.74) is 2.35. The van der Waals surface area contributed by atoms with E-state index in [1.54, 1.807) is 49.4 Å². The van der Waals surface area contributed by atoms with E-state index in [0.29, 0.717) is 16.9 Å². The molecule has 0 aliphatic rings. The van der Waals surface area contributed by atoms with E-state index in [0.717, 1.165) is 5.56 Å². The second kappa shape index (κ2) is 9.51. The number of hydrogen-bond acceptors (Lipinski definition) is 3. The Balaban J connectivity index is 1.57. The lowest BCUT2D eigenvalue weighted by molar-refractivity contribution is 0.262. The topological polar surface area (TPSA) is 87.3 Å². The summed E-state index contributed by atoms with van der Waals surface area (Å²) in [6, 6.07) is 20.5. The Bertz CT molecular complexity index is 1100. The van der Waals surface area contributed by atoms with E-state index in [-0.39, 0.29) is 11.8 Å². The summed E-state index contributed by atoms with van der Waals surface area (Å²) in [7, 11) is -3.66. The first-order chi connectivity index (χ1) is 14.3. The van der Waals surface area contributed by atoms with Gasteiger partial charge < -0.3 is 10.6 Å². The molecule has 0 fully saturated rings. The molecule has 0 radical (unpaired) electrons. The Morgan fingerprint density at radius 1 is 0.900 bits per heavy atom. The first-order valence-corrected chi connectivity index (χ1v) is 10.9. The van der Waals surface area contributed by atoms with Crippen molar-refractivity contribution in [2.45, 2.75) is 18.7 Å². The maximum absolute atomic E-state index is 13.3. The van der Waals surface area contributed by atoms with Crippen molar-refractivity contribution in [2.24, 2.45) is 0 Å². The zero-order valence-electron chi connectivity index (χ0n) is 16.3. The van der Waals surface area contributed by atoms with Gasteiger partial charge in [0.2, 0.25) is 10.0 Å². The summed E-state index contributed by atoms with van der Waals surface area (Å²) in [5.74, 6) is -0.788. The Kier molecular flexibility index (Phi) is 6.81. The quantitative estimate of drug-likeness (QED) is 0.513. The summed E-state index contributed by atoms with van der Waals surface area (Å²) in [6.07, 6.45) is 0. The van der Waals surface area contributed by atoms with Crippen LogP contribution >= 0.6 is 0 Å². The van der Waals surface area contributed by atoms with Crippen molar-refractivity contribution in [3.63, 3.8) is 0 Å². The molecular weight excluding hydrogens is 405 g/mol. The van der Waals surface area contributed by atoms with Crippen LogP contribution in [0.25, 0.3) is 0 Å². The normalized spacial score (nSPS) is 12.2. The van der Waals surface area contributed by atoms with Gasteiger partial charge in [-0.15, -0.1) is 0 Å². The van der Waals surface area contributed by atoms with Crippen LogP contribution in [-0.2, 0) is 15.8 Å². The standard InChI is InChI=1S/C22H22FN3O3S/c1-16(26-30(28,29)15-17-6-5-7-19(23)14-17)18-10-12-21(13-11-18)25-22(27)24-20-8-3-2-4-9-20/h2-14,16,26H,15H2,1H3,(H2,24,25,27). The Morgan fingerprint density at radius 3 is 2.17 bits per heavy atom. The number of hydrogen-bond donors (Lipinski definition) is 3. The zero-order chi connectivity index (χ0) is 21.6. The molecule has 0 heterocycles. The van der Waals surface area contributed by atoms with Crippen molar-refractivity contribution in [2.75, 3.05) is 10.6 Å². The van der Waals surface area contributed by atoms with Gasteiger partial charge in [0.1, 0.15) is 5.82 Å². The van der Waals surface area contributed by atoms with E-state index >= 15 is 0 Å². The van der Waals surface area contributed by atoms with Crippen molar-refractivity contribution in [1.82, 2.24) is 4.72 Å². The first kappa shape index (κ1) is 21.5. The smallest absolute Gasteiger partial charge is 0.308 e. The van der Waals surface area contributed by atoms with E-state index in [1.807, 2.05) is 18.2 Å². The lowest BCUT2D eigenvalue weighted by Crippen LogP contribution is -2.28. The van der Waals surface area contributed by atoms with Gasteiger partial charge in [0.25, 0.3) is 0 Å². The SMILES string of the molecule is CC(NS(=O)(=O)Cc1cccc(F)c1)c1ccc(NC(=O)Nc2ccccc2)cc1. The highest BCUT2D eigenvalue weighted by Crippen LogP contribution is 2.18. The van der Waals surface area contributed by atoms with E-state index in [4.69, 9.17) is 0 Å². The molecule has 156 valence electrons. The van der Waals surface area contributed by atoms with Crippen LogP contribution in [0, 0.1) is 5.82 Å². The van der Waals surface area contributed by atoms with Gasteiger partial charge in [-0.1, -0.05) is 42.5 Å². The number of urea groups is 1. The highest BCUT2D eigenvalue weighted by atomic mass is 32.2. The van der Waals surface area contributed by atoms with E-state index in [9.17, 15) is 17.6 Å². The average molecular weight is 428 g/mol. The van der Waals surface area contributed by atoms with Crippen LogP contribution in [0.1, 0.15) is 24.1 Å². The highest BCUT2D eigenvalue weighted by Gasteiger charge is 2.17. The zero-order valence-corrected chi connectivity index (χ0v) is 17.1. The second-order valence-corrected chi connectivity index (χ2v) is 8.55. The summed E-state index contributed by atoms with van der Waals surface area (Å²) in [5, 5.41) is 5.44. The molecule has 6 nitrogen and oxygen atoms in total. The Hall–Kier alpha value is -3.23. The number of benzene rings is 3. The van der Waals surface area contributed by atoms with Gasteiger partial charge >= 0.3 is 6.03 Å². The third-order valence-corrected chi connectivity index (χ3v) is 5.73. The van der Waals surface area contributed by atoms with Gasteiger partial charge in [0.05, 0.1) is 5.75 Å². The van der Waals surface area contributed by atoms with Crippen LogP contribution < -0.4 is 15.4 Å². The molecule has 0 aromatic heterocycles. The van der Waals surface area contributed by atoms with Crippen LogP contribution in [0.5, 0.6) is 0 Å². The van der Waals surface area contributed by atoms with Crippen molar-refractivity contribution in [3.8, 4) is 0 Å². The van der Waals surface area contributed by atoms with Crippen LogP contribution in [0.3, 0.4) is 0 Å². The molecule has 2 amide bonds. The number of halogens is 1. The van der Waals surface area contributed by atoms with Crippen molar-refractivity contribution in [3.05, 3.63) is 95.8 Å². The number of rotatable bonds is 7. The largest absolute Gasteiger partial charge is 0.323 e. The van der Waals surface area contributed by atoms with E-state index in [2.05, 4.69) is 15.4 Å². The van der Waals surface area contributed by atoms with E-state index in [1.165, 1.54) is 18.2 Å². The van der Waals surface area contributed by atoms with Crippen LogP contribution in [-0.4, -0.2) is 14.4 Å². The van der Waals surface area contributed by atoms with Crippen LogP contribution in [0.4, 0.5) is 20.6 Å². The number of nitrogens with one attached hydrogen (secondary N) is 3. The molecule has 3 aromatic carbocycles. The Labute approximate surface area is 175 Å². The molecule has 0 aliphatic carbocycles. The van der Waals surface area contributed by atoms with Gasteiger partial charge in [-0.05, 0) is 54.4 Å². The molecule has 0 saturated carbocycles. The predicted octanol–water partition coefficient (Wildman–Crippen LogP) is 4.65. The third-order valence-electron chi connectivity index (χ3n) is 4.30. The van der Waals surface area contributed by atoms with Gasteiger partial charge in [-0.3, -0.25) is 0 Å². The van der Waals surface area contributed by atoms with Gasteiger partial charge in [0.15, 0.2) is 0 Å². The summed E-state index contributed by atoms with van der Waals surface area (Å²) < 4.78 is 40.6. The molecule has 3 aromatic rings. The maximum Gasteiger partial charge on any atom is 0.323 e. The molecule has 8 heteroatoms. The fourth-order valence-electron chi connectivity index (χ4n) is 2.90. The second-order valence-electron chi connectivity index (χ2n) is 6.80.